The van der Waals surface area contributed by atoms with Crippen LogP contribution >= 0.6 is 0 Å². The van der Waals surface area contributed by atoms with E-state index in [9.17, 15) is 13.2 Å². The highest BCUT2D eigenvalue weighted by molar-refractivity contribution is 7.92. The molecule has 0 saturated carbocycles. The van der Waals surface area contributed by atoms with Gasteiger partial charge in [-0.05, 0) is 37.8 Å². The molecule has 0 radical (unpaired) electrons. The smallest absolute Gasteiger partial charge is 0.254 e. The molecule has 2 rings (SSSR count). The molecular weight excluding hydrogens is 358 g/mol. The first kappa shape index (κ1) is 20.3. The maximum atomic E-state index is 13.0. The molecule has 26 heavy (non-hydrogen) atoms. The van der Waals surface area contributed by atoms with E-state index in [2.05, 4.69) is 4.72 Å². The first-order chi connectivity index (χ1) is 12.2. The summed E-state index contributed by atoms with van der Waals surface area (Å²) >= 11 is 0. The maximum absolute atomic E-state index is 13.0. The zero-order valence-electron chi connectivity index (χ0n) is 15.6. The molecule has 3 N–H and O–H groups in total. The number of amides is 1. The second kappa shape index (κ2) is 8.13. The monoisotopic (exact) mass is 385 g/mol. The molecule has 1 fully saturated rings. The Balaban J connectivity index is 2.38. The van der Waals surface area contributed by atoms with Gasteiger partial charge in [0.25, 0.3) is 5.91 Å². The summed E-state index contributed by atoms with van der Waals surface area (Å²) in [6, 6.07) is 3.04. The van der Waals surface area contributed by atoms with Crippen molar-refractivity contribution in [2.75, 3.05) is 38.3 Å². The second-order valence-electron chi connectivity index (χ2n) is 6.65. The number of rotatable bonds is 6. The summed E-state index contributed by atoms with van der Waals surface area (Å²) in [4.78, 5) is 14.7. The number of nitrogens with zero attached hydrogens (tertiary/aromatic N) is 1. The first-order valence-electron chi connectivity index (χ1n) is 8.45. The number of ether oxygens (including phenoxy) is 2. The summed E-state index contributed by atoms with van der Waals surface area (Å²) in [6.45, 7) is 3.17. The molecule has 9 heteroatoms. The molecule has 0 spiro atoms. The van der Waals surface area contributed by atoms with Gasteiger partial charge >= 0.3 is 0 Å². The number of benzene rings is 1. The van der Waals surface area contributed by atoms with Gasteiger partial charge in [0, 0.05) is 24.7 Å². The van der Waals surface area contributed by atoms with Crippen LogP contribution in [0.5, 0.6) is 11.5 Å². The average Bonchev–Trinajstić information content (AvgIpc) is 2.59. The van der Waals surface area contributed by atoms with E-state index >= 15 is 0 Å². The lowest BCUT2D eigenvalue weighted by Crippen LogP contribution is -2.45. The van der Waals surface area contributed by atoms with Crippen LogP contribution in [-0.2, 0) is 10.0 Å². The van der Waals surface area contributed by atoms with Crippen LogP contribution in [0.2, 0.25) is 0 Å². The van der Waals surface area contributed by atoms with Crippen LogP contribution in [0.15, 0.2) is 12.1 Å². The van der Waals surface area contributed by atoms with Crippen molar-refractivity contribution in [3.05, 3.63) is 17.7 Å². The molecule has 1 saturated heterocycles. The molecule has 1 amide bonds. The Morgan fingerprint density at radius 1 is 1.35 bits per heavy atom. The van der Waals surface area contributed by atoms with Gasteiger partial charge in [0.15, 0.2) is 11.5 Å². The lowest BCUT2D eigenvalue weighted by molar-refractivity contribution is 0.0660. The second-order valence-corrected chi connectivity index (χ2v) is 8.39. The number of sulfonamides is 1. The van der Waals surface area contributed by atoms with E-state index in [1.165, 1.54) is 20.3 Å². The highest BCUT2D eigenvalue weighted by atomic mass is 32.2. The Morgan fingerprint density at radius 3 is 2.58 bits per heavy atom. The van der Waals surface area contributed by atoms with Crippen LogP contribution in [0.3, 0.4) is 0 Å². The Labute approximate surface area is 154 Å². The van der Waals surface area contributed by atoms with Gasteiger partial charge in [-0.2, -0.15) is 0 Å². The number of piperidine rings is 1. The molecule has 1 aliphatic heterocycles. The lowest BCUT2D eigenvalue weighted by Gasteiger charge is -2.34. The van der Waals surface area contributed by atoms with Gasteiger partial charge in [-0.1, -0.05) is 0 Å². The average molecular weight is 385 g/mol. The molecule has 8 nitrogen and oxygen atoms in total. The molecule has 1 aromatic rings. The molecule has 0 aliphatic carbocycles. The summed E-state index contributed by atoms with van der Waals surface area (Å²) in [7, 11) is -0.708. The SMILES string of the molecule is COc1cc(C(=O)N2CCCC(C(C)N)C2)cc(NS(C)(=O)=O)c1OC. The zero-order valence-corrected chi connectivity index (χ0v) is 16.4. The van der Waals surface area contributed by atoms with Crippen molar-refractivity contribution in [2.45, 2.75) is 25.8 Å². The number of nitrogens with one attached hydrogen (secondary N) is 1. The van der Waals surface area contributed by atoms with E-state index in [0.29, 0.717) is 18.7 Å². The van der Waals surface area contributed by atoms with Crippen molar-refractivity contribution in [3.8, 4) is 11.5 Å². The summed E-state index contributed by atoms with van der Waals surface area (Å²) in [6.07, 6.45) is 2.92. The van der Waals surface area contributed by atoms with Crippen molar-refractivity contribution < 1.29 is 22.7 Å². The number of anilines is 1. The van der Waals surface area contributed by atoms with Gasteiger partial charge in [-0.25, -0.2) is 8.42 Å². The minimum atomic E-state index is -3.55. The highest BCUT2D eigenvalue weighted by Gasteiger charge is 2.28. The van der Waals surface area contributed by atoms with Crippen molar-refractivity contribution in [1.82, 2.24) is 4.90 Å². The fourth-order valence-electron chi connectivity index (χ4n) is 3.17. The molecule has 146 valence electrons. The molecule has 0 aromatic heterocycles. The van der Waals surface area contributed by atoms with Crippen molar-refractivity contribution in [1.29, 1.82) is 0 Å². The van der Waals surface area contributed by atoms with Gasteiger partial charge < -0.3 is 20.1 Å². The van der Waals surface area contributed by atoms with E-state index in [1.54, 1.807) is 11.0 Å². The van der Waals surface area contributed by atoms with Crippen LogP contribution in [0.25, 0.3) is 0 Å². The summed E-state index contributed by atoms with van der Waals surface area (Å²) in [5.74, 6) is 0.571. The van der Waals surface area contributed by atoms with Crippen molar-refractivity contribution in [3.63, 3.8) is 0 Å². The minimum absolute atomic E-state index is 0.0125. The fourth-order valence-corrected chi connectivity index (χ4v) is 3.72. The quantitative estimate of drug-likeness (QED) is 0.763. The van der Waals surface area contributed by atoms with Gasteiger partial charge in [-0.15, -0.1) is 0 Å². The number of nitrogens with two attached hydrogens (primary N) is 1. The molecule has 1 aromatic carbocycles. The Kier molecular flexibility index (Phi) is 6.35. The minimum Gasteiger partial charge on any atom is -0.493 e. The number of carbonyl (C=O) groups is 1. The predicted molar refractivity (Wildman–Crippen MR) is 100 cm³/mol. The number of hydrogen-bond acceptors (Lipinski definition) is 6. The Morgan fingerprint density at radius 2 is 2.04 bits per heavy atom. The van der Waals surface area contributed by atoms with E-state index in [1.807, 2.05) is 6.92 Å². The Hall–Kier alpha value is -2.00. The predicted octanol–water partition coefficient (Wildman–Crippen LogP) is 1.27. The van der Waals surface area contributed by atoms with Crippen LogP contribution in [0.4, 0.5) is 5.69 Å². The van der Waals surface area contributed by atoms with E-state index in [0.717, 1.165) is 19.1 Å². The molecule has 2 unspecified atom stereocenters. The molecule has 1 aliphatic rings. The third-order valence-corrected chi connectivity index (χ3v) is 5.10. The topological polar surface area (TPSA) is 111 Å². The van der Waals surface area contributed by atoms with Crippen LogP contribution in [-0.4, -0.2) is 58.8 Å². The lowest BCUT2D eigenvalue weighted by atomic mass is 9.92. The third kappa shape index (κ3) is 4.79. The maximum Gasteiger partial charge on any atom is 0.254 e. The zero-order chi connectivity index (χ0) is 19.5. The fraction of sp³-hybridized carbons (Fsp3) is 0.588. The van der Waals surface area contributed by atoms with E-state index in [4.69, 9.17) is 15.2 Å². The Bertz CT molecular complexity index is 764. The number of carbonyl (C=O) groups excluding carboxylic acids is 1. The van der Waals surface area contributed by atoms with Crippen molar-refractivity contribution in [2.24, 2.45) is 11.7 Å². The van der Waals surface area contributed by atoms with E-state index in [-0.39, 0.29) is 35.1 Å². The highest BCUT2D eigenvalue weighted by Crippen LogP contribution is 2.37. The number of hydrogen-bond donors (Lipinski definition) is 2. The standard InChI is InChI=1S/C17H27N3O5S/c1-11(18)12-6-5-7-20(10-12)17(21)13-8-14(19-26(4,22)23)16(25-3)15(9-13)24-2/h8-9,11-12,19H,5-7,10,18H2,1-4H3. The van der Waals surface area contributed by atoms with Crippen LogP contribution in [0, 0.1) is 5.92 Å². The van der Waals surface area contributed by atoms with E-state index < -0.39 is 10.0 Å². The largest absolute Gasteiger partial charge is 0.493 e. The van der Waals surface area contributed by atoms with Gasteiger partial charge in [0.1, 0.15) is 0 Å². The normalized spacial score (nSPS) is 19.0. The number of methoxy groups -OCH3 is 2. The third-order valence-electron chi connectivity index (χ3n) is 4.51. The molecular formula is C17H27N3O5S. The van der Waals surface area contributed by atoms with Gasteiger partial charge in [-0.3, -0.25) is 9.52 Å². The van der Waals surface area contributed by atoms with Crippen molar-refractivity contribution >= 4 is 21.6 Å². The summed E-state index contributed by atoms with van der Waals surface area (Å²) in [5, 5.41) is 0. The number of likely N-dealkylation sites (tertiary alicyclic amines) is 1. The van der Waals surface area contributed by atoms with Gasteiger partial charge in [0.2, 0.25) is 10.0 Å². The molecule has 0 bridgehead atoms. The molecule has 2 atom stereocenters. The summed E-state index contributed by atoms with van der Waals surface area (Å²) in [5.41, 5.74) is 6.49. The first-order valence-corrected chi connectivity index (χ1v) is 10.3. The van der Waals surface area contributed by atoms with Gasteiger partial charge in [0.05, 0.1) is 26.2 Å². The summed E-state index contributed by atoms with van der Waals surface area (Å²) < 4.78 is 36.2. The van der Waals surface area contributed by atoms with Crippen LogP contribution in [0.1, 0.15) is 30.1 Å². The molecule has 1 heterocycles. The van der Waals surface area contributed by atoms with Crippen LogP contribution < -0.4 is 19.9 Å².